The Morgan fingerprint density at radius 2 is 1.93 bits per heavy atom. The molecule has 7 heteroatoms. The summed E-state index contributed by atoms with van der Waals surface area (Å²) in [6, 6.07) is 17.6. The average molecular weight is 405 g/mol. The van der Waals surface area contributed by atoms with Gasteiger partial charge in [-0.25, -0.2) is 4.98 Å². The van der Waals surface area contributed by atoms with E-state index in [1.54, 1.807) is 23.5 Å². The highest BCUT2D eigenvalue weighted by atomic mass is 32.1. The molecule has 4 aromatic rings. The van der Waals surface area contributed by atoms with Gasteiger partial charge in [0.2, 0.25) is 5.91 Å². The third kappa shape index (κ3) is 4.52. The van der Waals surface area contributed by atoms with E-state index in [0.29, 0.717) is 12.1 Å². The summed E-state index contributed by atoms with van der Waals surface area (Å²) in [5, 5.41) is 6.65. The van der Waals surface area contributed by atoms with E-state index < -0.39 is 11.9 Å². The van der Waals surface area contributed by atoms with Crippen molar-refractivity contribution < 1.29 is 14.0 Å². The predicted octanol–water partition coefficient (Wildman–Crippen LogP) is 4.18. The maximum absolute atomic E-state index is 13.0. The monoisotopic (exact) mass is 405 g/mol. The molecule has 29 heavy (non-hydrogen) atoms. The minimum absolute atomic E-state index is 0.164. The number of hydrogen-bond acceptors (Lipinski definition) is 5. The van der Waals surface area contributed by atoms with Crippen LogP contribution in [0.15, 0.2) is 71.3 Å². The van der Waals surface area contributed by atoms with Crippen LogP contribution in [0, 0.1) is 6.92 Å². The van der Waals surface area contributed by atoms with Crippen LogP contribution in [0.3, 0.4) is 0 Å². The molecule has 0 bridgehead atoms. The minimum Gasteiger partial charge on any atom is -0.459 e. The molecule has 0 unspecified atom stereocenters. The Hall–Kier alpha value is -3.45. The molecule has 1 atom stereocenters. The summed E-state index contributed by atoms with van der Waals surface area (Å²) < 4.78 is 6.15. The molecular formula is C22H19N3O3S. The molecule has 2 heterocycles. The molecule has 2 N–H and O–H groups in total. The van der Waals surface area contributed by atoms with E-state index in [0.717, 1.165) is 20.8 Å². The lowest BCUT2D eigenvalue weighted by Gasteiger charge is -2.18. The Kier molecular flexibility index (Phi) is 5.39. The van der Waals surface area contributed by atoms with Crippen LogP contribution in [0.5, 0.6) is 0 Å². The molecule has 146 valence electrons. The first kappa shape index (κ1) is 18.9. The van der Waals surface area contributed by atoms with Crippen molar-refractivity contribution in [1.29, 1.82) is 0 Å². The first-order valence-corrected chi connectivity index (χ1v) is 9.96. The lowest BCUT2D eigenvalue weighted by molar-refractivity contribution is -0.118. The first-order valence-electron chi connectivity index (χ1n) is 9.15. The average Bonchev–Trinajstić information content (AvgIpc) is 3.37. The molecule has 0 aliphatic carbocycles. The molecule has 0 saturated heterocycles. The van der Waals surface area contributed by atoms with Crippen LogP contribution < -0.4 is 10.6 Å². The zero-order valence-electron chi connectivity index (χ0n) is 15.7. The second kappa shape index (κ2) is 8.28. The quantitative estimate of drug-likeness (QED) is 0.504. The van der Waals surface area contributed by atoms with Gasteiger partial charge in [0.15, 0.2) is 5.76 Å². The maximum atomic E-state index is 13.0. The van der Waals surface area contributed by atoms with Crippen molar-refractivity contribution in [2.45, 2.75) is 19.4 Å². The summed E-state index contributed by atoms with van der Waals surface area (Å²) in [6.07, 6.45) is 1.79. The van der Waals surface area contributed by atoms with Gasteiger partial charge in [0.1, 0.15) is 6.04 Å². The lowest BCUT2D eigenvalue weighted by Crippen LogP contribution is -2.45. The number of nitrogens with one attached hydrogen (secondary N) is 2. The Labute approximate surface area is 171 Å². The number of rotatable bonds is 6. The van der Waals surface area contributed by atoms with Gasteiger partial charge in [0.25, 0.3) is 5.91 Å². The third-order valence-corrected chi connectivity index (χ3v) is 5.35. The summed E-state index contributed by atoms with van der Waals surface area (Å²) in [4.78, 5) is 29.9. The molecule has 2 aromatic carbocycles. The highest BCUT2D eigenvalue weighted by molar-refractivity contribution is 7.18. The normalized spacial score (nSPS) is 11.9. The van der Waals surface area contributed by atoms with Crippen LogP contribution in [0.2, 0.25) is 0 Å². The number of carbonyl (C=O) groups excluding carboxylic acids is 2. The molecule has 0 fully saturated rings. The molecule has 0 saturated carbocycles. The fourth-order valence-electron chi connectivity index (χ4n) is 3.04. The molecule has 6 nitrogen and oxygen atoms in total. The molecule has 2 amide bonds. The number of amides is 2. The van der Waals surface area contributed by atoms with Crippen LogP contribution in [0.25, 0.3) is 10.2 Å². The van der Waals surface area contributed by atoms with Crippen LogP contribution >= 0.6 is 11.3 Å². The molecule has 2 aromatic heterocycles. The molecule has 0 aliphatic rings. The number of aryl methyl sites for hydroxylation is 1. The smallest absolute Gasteiger partial charge is 0.287 e. The van der Waals surface area contributed by atoms with Crippen molar-refractivity contribution in [2.24, 2.45) is 0 Å². The van der Waals surface area contributed by atoms with Gasteiger partial charge in [-0.2, -0.15) is 0 Å². The van der Waals surface area contributed by atoms with E-state index in [1.165, 1.54) is 6.26 Å². The van der Waals surface area contributed by atoms with Crippen molar-refractivity contribution >= 4 is 39.1 Å². The number of furan rings is 1. The van der Waals surface area contributed by atoms with E-state index in [4.69, 9.17) is 4.42 Å². The van der Waals surface area contributed by atoms with Crippen LogP contribution in [-0.2, 0) is 11.2 Å². The Morgan fingerprint density at radius 1 is 1.10 bits per heavy atom. The number of anilines is 1. The number of fused-ring (bicyclic) bond motifs is 1. The highest BCUT2D eigenvalue weighted by Gasteiger charge is 2.23. The summed E-state index contributed by atoms with van der Waals surface area (Å²) in [5.41, 5.74) is 2.51. The second-order valence-electron chi connectivity index (χ2n) is 6.60. The molecule has 0 radical (unpaired) electrons. The Balaban J connectivity index is 1.54. The predicted molar refractivity (Wildman–Crippen MR) is 113 cm³/mol. The highest BCUT2D eigenvalue weighted by Crippen LogP contribution is 2.25. The van der Waals surface area contributed by atoms with E-state index >= 15 is 0 Å². The van der Waals surface area contributed by atoms with Crippen molar-refractivity contribution in [2.75, 3.05) is 5.32 Å². The SMILES string of the molecule is Cc1nc2ccc(NC(=O)[C@H](Cc3ccccc3)NC(=O)c3ccco3)cc2s1. The topological polar surface area (TPSA) is 84.2 Å². The maximum Gasteiger partial charge on any atom is 0.287 e. The number of benzene rings is 2. The number of thiazole rings is 1. The van der Waals surface area contributed by atoms with Crippen molar-refractivity contribution in [3.8, 4) is 0 Å². The van der Waals surface area contributed by atoms with Gasteiger partial charge in [-0.15, -0.1) is 11.3 Å². The Bertz CT molecular complexity index is 1140. The molecular weight excluding hydrogens is 386 g/mol. The zero-order chi connectivity index (χ0) is 20.2. The van der Waals surface area contributed by atoms with Gasteiger partial charge in [0, 0.05) is 12.1 Å². The van der Waals surface area contributed by atoms with E-state index in [-0.39, 0.29) is 11.7 Å². The van der Waals surface area contributed by atoms with E-state index in [1.807, 2.05) is 55.5 Å². The summed E-state index contributed by atoms with van der Waals surface area (Å²) in [7, 11) is 0. The first-order chi connectivity index (χ1) is 14.1. The van der Waals surface area contributed by atoms with Gasteiger partial charge >= 0.3 is 0 Å². The second-order valence-corrected chi connectivity index (χ2v) is 7.83. The van der Waals surface area contributed by atoms with Crippen molar-refractivity contribution in [1.82, 2.24) is 10.3 Å². The number of hydrogen-bond donors (Lipinski definition) is 2. The molecule has 0 aliphatic heterocycles. The fourth-order valence-corrected chi connectivity index (χ4v) is 3.91. The number of carbonyl (C=O) groups is 2. The van der Waals surface area contributed by atoms with Gasteiger partial charge in [-0.3, -0.25) is 9.59 Å². The number of nitrogens with zero attached hydrogens (tertiary/aromatic N) is 1. The van der Waals surface area contributed by atoms with Crippen LogP contribution in [-0.4, -0.2) is 22.8 Å². The van der Waals surface area contributed by atoms with Gasteiger partial charge in [-0.05, 0) is 42.8 Å². The molecule has 0 spiro atoms. The summed E-state index contributed by atoms with van der Waals surface area (Å²) in [5.74, 6) is -0.564. The van der Waals surface area contributed by atoms with Crippen molar-refractivity contribution in [3.63, 3.8) is 0 Å². The lowest BCUT2D eigenvalue weighted by atomic mass is 10.0. The van der Waals surface area contributed by atoms with E-state index in [2.05, 4.69) is 15.6 Å². The summed E-state index contributed by atoms with van der Waals surface area (Å²) >= 11 is 1.57. The standard InChI is InChI=1S/C22H19N3O3S/c1-14-23-17-10-9-16(13-20(17)29-14)24-21(26)18(12-15-6-3-2-4-7-15)25-22(27)19-8-5-11-28-19/h2-11,13,18H,12H2,1H3,(H,24,26)(H,25,27)/t18-/m0/s1. The summed E-state index contributed by atoms with van der Waals surface area (Å²) in [6.45, 7) is 1.95. The van der Waals surface area contributed by atoms with Crippen molar-refractivity contribution in [3.05, 3.63) is 83.3 Å². The van der Waals surface area contributed by atoms with Gasteiger partial charge in [-0.1, -0.05) is 30.3 Å². The number of aromatic nitrogens is 1. The van der Waals surface area contributed by atoms with Gasteiger partial charge < -0.3 is 15.1 Å². The third-order valence-electron chi connectivity index (χ3n) is 4.41. The Morgan fingerprint density at radius 3 is 2.69 bits per heavy atom. The molecule has 4 rings (SSSR count). The van der Waals surface area contributed by atoms with Gasteiger partial charge in [0.05, 0.1) is 21.5 Å². The van der Waals surface area contributed by atoms with Crippen LogP contribution in [0.4, 0.5) is 5.69 Å². The fraction of sp³-hybridized carbons (Fsp3) is 0.136. The van der Waals surface area contributed by atoms with Crippen LogP contribution in [0.1, 0.15) is 21.1 Å². The minimum atomic E-state index is -0.756. The largest absolute Gasteiger partial charge is 0.459 e. The van der Waals surface area contributed by atoms with E-state index in [9.17, 15) is 9.59 Å². The zero-order valence-corrected chi connectivity index (χ0v) is 16.5.